The Morgan fingerprint density at radius 3 is 2.25 bits per heavy atom. The lowest BCUT2D eigenvalue weighted by atomic mass is 9.68. The fraction of sp³-hybridized carbons (Fsp3) is 1.00. The van der Waals surface area contributed by atoms with Crippen LogP contribution in [-0.4, -0.2) is 3.92 Å². The Morgan fingerprint density at radius 1 is 1.06 bits per heavy atom. The van der Waals surface area contributed by atoms with E-state index < -0.39 is 0 Å². The van der Waals surface area contributed by atoms with Crippen LogP contribution in [0.15, 0.2) is 0 Å². The summed E-state index contributed by atoms with van der Waals surface area (Å²) in [5.41, 5.74) is 0. The number of rotatable bonds is 4. The van der Waals surface area contributed by atoms with Gasteiger partial charge in [0, 0.05) is 3.92 Å². The first-order valence-electron chi connectivity index (χ1n) is 7.07. The monoisotopic (exact) mass is 336 g/mol. The van der Waals surface area contributed by atoms with Crippen LogP contribution in [0.4, 0.5) is 0 Å². The van der Waals surface area contributed by atoms with Crippen LogP contribution in [0.2, 0.25) is 0 Å². The van der Waals surface area contributed by atoms with E-state index in [4.69, 9.17) is 0 Å². The lowest BCUT2D eigenvalue weighted by Gasteiger charge is -2.41. The molecule has 1 saturated carbocycles. The molecule has 16 heavy (non-hydrogen) atoms. The van der Waals surface area contributed by atoms with E-state index in [2.05, 4.69) is 57.2 Å². The van der Waals surface area contributed by atoms with Crippen molar-refractivity contribution < 1.29 is 0 Å². The first-order valence-corrected chi connectivity index (χ1v) is 8.32. The molecule has 96 valence electrons. The van der Waals surface area contributed by atoms with E-state index in [1.807, 2.05) is 0 Å². The molecule has 0 amide bonds. The molecule has 0 aromatic heterocycles. The molecule has 0 aliphatic heterocycles. The van der Waals surface area contributed by atoms with Crippen LogP contribution in [0, 0.1) is 29.6 Å². The van der Waals surface area contributed by atoms with Crippen LogP contribution in [0.5, 0.6) is 0 Å². The Kier molecular flexibility index (Phi) is 6.11. The summed E-state index contributed by atoms with van der Waals surface area (Å²) in [4.78, 5) is 0. The Hall–Kier alpha value is 0.730. The maximum Gasteiger partial charge on any atom is 0.0143 e. The molecule has 1 heteroatoms. The fourth-order valence-corrected chi connectivity index (χ4v) is 4.97. The summed E-state index contributed by atoms with van der Waals surface area (Å²) >= 11 is 2.72. The topological polar surface area (TPSA) is 0 Å². The van der Waals surface area contributed by atoms with Gasteiger partial charge in [-0.25, -0.2) is 0 Å². The highest BCUT2D eigenvalue weighted by atomic mass is 127. The minimum atomic E-state index is 0.867. The number of hydrogen-bond donors (Lipinski definition) is 0. The lowest BCUT2D eigenvalue weighted by Crippen LogP contribution is -2.36. The van der Waals surface area contributed by atoms with E-state index in [-0.39, 0.29) is 0 Å². The van der Waals surface area contributed by atoms with E-state index in [0.717, 1.165) is 33.5 Å². The summed E-state index contributed by atoms with van der Waals surface area (Å²) in [6, 6.07) is 0. The van der Waals surface area contributed by atoms with Gasteiger partial charge < -0.3 is 0 Å². The molecule has 0 aromatic carbocycles. The van der Waals surface area contributed by atoms with Crippen molar-refractivity contribution in [1.29, 1.82) is 0 Å². The van der Waals surface area contributed by atoms with Gasteiger partial charge in [0.1, 0.15) is 0 Å². The summed E-state index contributed by atoms with van der Waals surface area (Å²) in [6.07, 6.45) is 5.73. The molecule has 3 unspecified atom stereocenters. The zero-order chi connectivity index (χ0) is 12.3. The Labute approximate surface area is 116 Å². The Morgan fingerprint density at radius 2 is 1.69 bits per heavy atom. The number of alkyl halides is 1. The zero-order valence-electron chi connectivity index (χ0n) is 11.7. The van der Waals surface area contributed by atoms with Crippen LogP contribution >= 0.6 is 22.6 Å². The molecule has 5 atom stereocenters. The van der Waals surface area contributed by atoms with Crippen molar-refractivity contribution in [1.82, 2.24) is 0 Å². The van der Waals surface area contributed by atoms with Crippen LogP contribution in [0.3, 0.4) is 0 Å². The minimum absolute atomic E-state index is 0.867. The normalized spacial score (nSPS) is 37.7. The second-order valence-corrected chi connectivity index (χ2v) is 8.06. The van der Waals surface area contributed by atoms with Gasteiger partial charge in [0.2, 0.25) is 0 Å². The van der Waals surface area contributed by atoms with Crippen LogP contribution < -0.4 is 0 Å². The van der Waals surface area contributed by atoms with Gasteiger partial charge >= 0.3 is 0 Å². The van der Waals surface area contributed by atoms with Crippen LogP contribution in [0.1, 0.15) is 60.3 Å². The van der Waals surface area contributed by atoms with E-state index in [9.17, 15) is 0 Å². The van der Waals surface area contributed by atoms with E-state index in [1.165, 1.54) is 25.7 Å². The van der Waals surface area contributed by atoms with Gasteiger partial charge in [-0.1, -0.05) is 70.1 Å². The predicted molar refractivity (Wildman–Crippen MR) is 82.1 cm³/mol. The Balaban J connectivity index is 2.53. The molecule has 1 fully saturated rings. The average Bonchev–Trinajstić information content (AvgIpc) is 2.21. The Bertz CT molecular complexity index is 200. The second kappa shape index (κ2) is 6.61. The van der Waals surface area contributed by atoms with Gasteiger partial charge in [-0.05, 0) is 42.4 Å². The maximum atomic E-state index is 2.72. The van der Waals surface area contributed by atoms with Gasteiger partial charge in [0.15, 0.2) is 0 Å². The van der Waals surface area contributed by atoms with E-state index in [1.54, 1.807) is 0 Å². The third kappa shape index (κ3) is 3.89. The highest BCUT2D eigenvalue weighted by Crippen LogP contribution is 2.43. The van der Waals surface area contributed by atoms with Crippen molar-refractivity contribution >= 4 is 22.6 Å². The summed E-state index contributed by atoms with van der Waals surface area (Å²) in [5.74, 6) is 4.62. The molecule has 0 bridgehead atoms. The van der Waals surface area contributed by atoms with Crippen molar-refractivity contribution in [3.8, 4) is 0 Å². The molecular formula is C15H29I. The van der Waals surface area contributed by atoms with Crippen molar-refractivity contribution in [2.45, 2.75) is 64.2 Å². The summed E-state index contributed by atoms with van der Waals surface area (Å²) in [5, 5.41) is 0. The SMILES string of the molecule is CC(C)CCC(C)C1C(C)[C@H](C)CC[C@@H]1I. The highest BCUT2D eigenvalue weighted by molar-refractivity contribution is 14.1. The highest BCUT2D eigenvalue weighted by Gasteiger charge is 2.36. The fourth-order valence-electron chi connectivity index (χ4n) is 3.25. The molecule has 0 nitrogen and oxygen atoms in total. The molecule has 0 saturated heterocycles. The molecule has 0 spiro atoms. The first-order chi connectivity index (χ1) is 7.43. The van der Waals surface area contributed by atoms with Gasteiger partial charge in [-0.15, -0.1) is 0 Å². The molecule has 1 rings (SSSR count). The molecule has 0 N–H and O–H groups in total. The molecule has 0 heterocycles. The van der Waals surface area contributed by atoms with Crippen molar-refractivity contribution in [2.75, 3.05) is 0 Å². The maximum absolute atomic E-state index is 2.72. The lowest BCUT2D eigenvalue weighted by molar-refractivity contribution is 0.135. The van der Waals surface area contributed by atoms with Crippen LogP contribution in [-0.2, 0) is 0 Å². The first kappa shape index (κ1) is 14.8. The summed E-state index contributed by atoms with van der Waals surface area (Å²) in [7, 11) is 0. The van der Waals surface area contributed by atoms with Crippen LogP contribution in [0.25, 0.3) is 0 Å². The quantitative estimate of drug-likeness (QED) is 0.467. The molecule has 0 aromatic rings. The van der Waals surface area contributed by atoms with Crippen molar-refractivity contribution in [2.24, 2.45) is 29.6 Å². The summed E-state index contributed by atoms with van der Waals surface area (Å²) < 4.78 is 0.922. The van der Waals surface area contributed by atoms with Crippen molar-refractivity contribution in [3.05, 3.63) is 0 Å². The van der Waals surface area contributed by atoms with Gasteiger partial charge in [0.05, 0.1) is 0 Å². The van der Waals surface area contributed by atoms with Crippen molar-refractivity contribution in [3.63, 3.8) is 0 Å². The second-order valence-electron chi connectivity index (χ2n) is 6.46. The van der Waals surface area contributed by atoms with E-state index >= 15 is 0 Å². The predicted octanol–water partition coefficient (Wildman–Crippen LogP) is 5.54. The van der Waals surface area contributed by atoms with E-state index in [0.29, 0.717) is 0 Å². The minimum Gasteiger partial charge on any atom is -0.0823 e. The number of halogens is 1. The van der Waals surface area contributed by atoms with Gasteiger partial charge in [-0.2, -0.15) is 0 Å². The van der Waals surface area contributed by atoms with Gasteiger partial charge in [-0.3, -0.25) is 0 Å². The smallest absolute Gasteiger partial charge is 0.0143 e. The van der Waals surface area contributed by atoms with Gasteiger partial charge in [0.25, 0.3) is 0 Å². The molecule has 1 aliphatic rings. The third-order valence-electron chi connectivity index (χ3n) is 4.68. The molecular weight excluding hydrogens is 307 g/mol. The standard InChI is InChI=1S/C15H29I/c1-10(2)6-7-12(4)15-13(5)11(3)8-9-14(15)16/h10-15H,6-9H2,1-5H3/t11-,12?,13?,14+,15?/m1/s1. The largest absolute Gasteiger partial charge is 0.0823 e. The third-order valence-corrected chi connectivity index (χ3v) is 6.13. The molecule has 0 radical (unpaired) electrons. The summed E-state index contributed by atoms with van der Waals surface area (Å²) in [6.45, 7) is 12.1. The average molecular weight is 336 g/mol. The molecule has 1 aliphatic carbocycles. The number of hydrogen-bond acceptors (Lipinski definition) is 0. The zero-order valence-corrected chi connectivity index (χ0v) is 13.8.